The predicted molar refractivity (Wildman–Crippen MR) is 307 cm³/mol. The predicted octanol–water partition coefficient (Wildman–Crippen LogP) is 7.36. The Morgan fingerprint density at radius 3 is 2.24 bits per heavy atom. The van der Waals surface area contributed by atoms with Gasteiger partial charge in [-0.2, -0.15) is 10.1 Å². The molecular weight excluding hydrogens is 1010 g/mol. The zero-order chi connectivity index (χ0) is 55.0. The highest BCUT2D eigenvalue weighted by atomic mass is 31.2. The minimum Gasteiger partial charge on any atom is -0.492 e. The van der Waals surface area contributed by atoms with Crippen LogP contribution in [0.15, 0.2) is 58.4 Å². The lowest BCUT2D eigenvalue weighted by atomic mass is 9.93. The molecule has 4 aliphatic heterocycles. The number of anilines is 6. The Labute approximate surface area is 454 Å². The normalized spacial score (nSPS) is 18.5. The zero-order valence-corrected chi connectivity index (χ0v) is 47.1. The van der Waals surface area contributed by atoms with Gasteiger partial charge in [0.25, 0.3) is 5.56 Å². The van der Waals surface area contributed by atoms with Crippen LogP contribution in [0.25, 0.3) is 21.8 Å². The second kappa shape index (κ2) is 23.0. The van der Waals surface area contributed by atoms with Gasteiger partial charge >= 0.3 is 5.69 Å². The fourth-order valence-corrected chi connectivity index (χ4v) is 13.8. The zero-order valence-electron chi connectivity index (χ0n) is 46.2. The lowest BCUT2D eigenvalue weighted by Crippen LogP contribution is -2.53. The Kier molecular flexibility index (Phi) is 16.1. The number of ether oxygens (including phenoxy) is 1. The lowest BCUT2D eigenvalue weighted by Gasteiger charge is -2.44. The van der Waals surface area contributed by atoms with Crippen LogP contribution in [0, 0.1) is 18.7 Å². The number of imidazole rings is 1. The first kappa shape index (κ1) is 54.7. The molecule has 4 aliphatic rings. The first-order valence-corrected chi connectivity index (χ1v) is 30.7. The third-order valence-corrected chi connectivity index (χ3v) is 18.1. The summed E-state index contributed by atoms with van der Waals surface area (Å²) in [5, 5.41) is 15.1. The van der Waals surface area contributed by atoms with Crippen molar-refractivity contribution in [2.75, 3.05) is 99.3 Å². The molecule has 6 aromatic rings. The molecule has 2 amide bonds. The van der Waals surface area contributed by atoms with Crippen LogP contribution in [0.5, 0.6) is 5.75 Å². The number of rotatable bonds is 17. The molecule has 0 saturated carbocycles. The highest BCUT2D eigenvalue weighted by Gasteiger charge is 2.34. The Morgan fingerprint density at radius 1 is 0.821 bits per heavy atom. The third kappa shape index (κ3) is 11.0. The van der Waals surface area contributed by atoms with Crippen molar-refractivity contribution >= 4 is 80.6 Å². The molecule has 3 aromatic heterocycles. The maximum atomic E-state index is 16.0. The standard InChI is InChI=1S/C57H75FN13O6P/c1-8-38-30-45(62-56-59-34-36(5)53(64-56)61-44-13-12-41-42(52(44)78(6,7)76)35-60-70(10-3)55(41)74)49(77-11-4)33-47(38)68-24-19-39(20-25-68)67-28-26-65(27-29-67)21-16-37-17-22-66(23-18-37)40-31-43(58)51-48(32-40)69(9-2)57(75)71(51)46-14-15-50(72)63-54(46)73/h12-13,30-35,37,39,46H,8-11,14-29H2,1-7H3,(H,63,72,73)(H2,59,61,62,64). The summed E-state index contributed by atoms with van der Waals surface area (Å²) in [6.07, 6.45) is 9.84. The Morgan fingerprint density at radius 2 is 1.56 bits per heavy atom. The lowest BCUT2D eigenvalue weighted by molar-refractivity contribution is -0.135. The Bertz CT molecular complexity index is 3400. The molecular formula is C57H75FN13O6P. The molecule has 1 unspecified atom stereocenters. The number of carbonyl (C=O) groups is 2. The number of fused-ring (bicyclic) bond motifs is 2. The first-order chi connectivity index (χ1) is 37.6. The minimum absolute atomic E-state index is 0.104. The molecule has 0 bridgehead atoms. The average Bonchev–Trinajstić information content (AvgIpc) is 3.99. The monoisotopic (exact) mass is 1090 g/mol. The molecule has 3 aromatic carbocycles. The van der Waals surface area contributed by atoms with Gasteiger partial charge in [-0.05, 0) is 134 Å². The van der Waals surface area contributed by atoms with Gasteiger partial charge in [0.2, 0.25) is 17.8 Å². The van der Waals surface area contributed by atoms with E-state index in [-0.39, 0.29) is 29.8 Å². The summed E-state index contributed by atoms with van der Waals surface area (Å²) in [4.78, 5) is 70.9. The van der Waals surface area contributed by atoms with Gasteiger partial charge in [-0.3, -0.25) is 33.7 Å². The Balaban J connectivity index is 0.720. The maximum Gasteiger partial charge on any atom is 0.329 e. The van der Waals surface area contributed by atoms with Gasteiger partial charge in [0, 0.05) is 118 Å². The molecule has 0 radical (unpaired) electrons. The topological polar surface area (TPSA) is 197 Å². The van der Waals surface area contributed by atoms with Crippen LogP contribution < -0.4 is 47.0 Å². The van der Waals surface area contributed by atoms with Crippen molar-refractivity contribution in [2.45, 2.75) is 111 Å². The second-order valence-electron chi connectivity index (χ2n) is 21.8. The average molecular weight is 1090 g/mol. The van der Waals surface area contributed by atoms with E-state index < -0.39 is 30.6 Å². The fourth-order valence-electron chi connectivity index (χ4n) is 12.3. The van der Waals surface area contributed by atoms with Crippen molar-refractivity contribution in [1.29, 1.82) is 0 Å². The summed E-state index contributed by atoms with van der Waals surface area (Å²) in [6.45, 7) is 23.3. The quantitative estimate of drug-likeness (QED) is 0.0605. The van der Waals surface area contributed by atoms with Crippen LogP contribution in [0.2, 0.25) is 0 Å². The number of nitrogens with zero attached hydrogens (tertiary/aromatic N) is 10. The molecule has 21 heteroatoms. The van der Waals surface area contributed by atoms with Gasteiger partial charge in [0.15, 0.2) is 5.82 Å². The number of imide groups is 1. The van der Waals surface area contributed by atoms with Gasteiger partial charge in [-0.1, -0.05) is 6.92 Å². The number of aromatic nitrogens is 6. The largest absolute Gasteiger partial charge is 0.492 e. The van der Waals surface area contributed by atoms with Crippen LogP contribution in [0.3, 0.4) is 0 Å². The van der Waals surface area contributed by atoms with Gasteiger partial charge in [0.05, 0.1) is 35.1 Å². The van der Waals surface area contributed by atoms with Gasteiger partial charge in [0.1, 0.15) is 30.3 Å². The van der Waals surface area contributed by atoms with E-state index in [0.29, 0.717) is 70.7 Å². The molecule has 7 heterocycles. The summed E-state index contributed by atoms with van der Waals surface area (Å²) < 4.78 is 40.3. The van der Waals surface area contributed by atoms with Crippen LogP contribution in [-0.2, 0) is 33.7 Å². The van der Waals surface area contributed by atoms with Crippen molar-refractivity contribution in [3.05, 3.63) is 86.6 Å². The number of hydrogen-bond acceptors (Lipinski definition) is 15. The van der Waals surface area contributed by atoms with Crippen LogP contribution >= 0.6 is 7.14 Å². The number of carbonyl (C=O) groups excluding carboxylic acids is 2. The highest BCUT2D eigenvalue weighted by Crippen LogP contribution is 2.42. The minimum atomic E-state index is -2.90. The summed E-state index contributed by atoms with van der Waals surface area (Å²) >= 11 is 0. The van der Waals surface area contributed by atoms with Crippen molar-refractivity contribution in [3.63, 3.8) is 0 Å². The number of nitrogens with one attached hydrogen (secondary N) is 3. The molecule has 416 valence electrons. The SMILES string of the molecule is CCOc1cc(N2CCC(N3CCN(CCC4CCN(c5cc(F)c6c(c5)n(CC)c(=O)n6C5CCC(=O)NC5=O)CC4)CC3)CC2)c(CC)cc1Nc1ncc(C)c(Nc2ccc3c(=O)n(CC)ncc3c2P(C)(C)=O)n1. The van der Waals surface area contributed by atoms with Crippen molar-refractivity contribution < 1.29 is 23.3 Å². The number of piperidine rings is 3. The van der Waals surface area contributed by atoms with Gasteiger partial charge in [-0.15, -0.1) is 0 Å². The molecule has 3 N–H and O–H groups in total. The van der Waals surface area contributed by atoms with Crippen LogP contribution in [0.4, 0.5) is 38.9 Å². The molecule has 0 spiro atoms. The number of aryl methyl sites for hydroxylation is 4. The van der Waals surface area contributed by atoms with E-state index in [2.05, 4.69) is 64.7 Å². The first-order valence-electron chi connectivity index (χ1n) is 28.1. The summed E-state index contributed by atoms with van der Waals surface area (Å²) in [5.41, 5.74) is 5.26. The van der Waals surface area contributed by atoms with E-state index in [4.69, 9.17) is 9.72 Å². The Hall–Kier alpha value is -6.63. The van der Waals surface area contributed by atoms with Gasteiger partial charge in [-0.25, -0.2) is 18.9 Å². The van der Waals surface area contributed by atoms with E-state index in [9.17, 15) is 23.7 Å². The van der Waals surface area contributed by atoms with E-state index in [0.717, 1.165) is 120 Å². The number of piperazine rings is 1. The molecule has 4 saturated heterocycles. The summed E-state index contributed by atoms with van der Waals surface area (Å²) in [5.74, 6) is 0.762. The number of halogens is 1. The number of hydrogen-bond donors (Lipinski definition) is 3. The molecule has 78 heavy (non-hydrogen) atoms. The molecule has 10 rings (SSSR count). The van der Waals surface area contributed by atoms with E-state index in [1.54, 1.807) is 37.9 Å². The van der Waals surface area contributed by atoms with Crippen molar-refractivity contribution in [2.24, 2.45) is 5.92 Å². The molecule has 19 nitrogen and oxygen atoms in total. The summed E-state index contributed by atoms with van der Waals surface area (Å²) in [7, 11) is -2.90. The second-order valence-corrected chi connectivity index (χ2v) is 24.9. The molecule has 4 fully saturated rings. The maximum absolute atomic E-state index is 16.0. The third-order valence-electron chi connectivity index (χ3n) is 16.6. The number of benzene rings is 3. The number of amides is 2. The summed E-state index contributed by atoms with van der Waals surface area (Å²) in [6, 6.07) is 10.9. The van der Waals surface area contributed by atoms with Crippen LogP contribution in [0.1, 0.15) is 89.8 Å². The molecule has 0 aliphatic carbocycles. The molecule has 1 atom stereocenters. The van der Waals surface area contributed by atoms with Crippen molar-refractivity contribution in [3.8, 4) is 5.75 Å². The van der Waals surface area contributed by atoms with Crippen molar-refractivity contribution in [1.82, 2.24) is 44.0 Å². The van der Waals surface area contributed by atoms with E-state index in [1.807, 2.05) is 33.8 Å². The van der Waals surface area contributed by atoms with E-state index >= 15 is 4.39 Å². The van der Waals surface area contributed by atoms with E-state index in [1.165, 1.54) is 31.1 Å². The highest BCUT2D eigenvalue weighted by molar-refractivity contribution is 7.71. The fraction of sp³-hybridized carbons (Fsp3) is 0.526. The van der Waals surface area contributed by atoms with Gasteiger partial charge < -0.3 is 34.6 Å². The van der Waals surface area contributed by atoms with Crippen LogP contribution in [-0.4, -0.2) is 135 Å². The smallest absolute Gasteiger partial charge is 0.329 e.